The van der Waals surface area contributed by atoms with Crippen LogP contribution < -0.4 is 0 Å². The number of hydrogen-bond donors (Lipinski definition) is 1. The third-order valence-electron chi connectivity index (χ3n) is 4.48. The Balaban J connectivity index is 1.72. The maximum Gasteiger partial charge on any atom is 0.315 e. The first-order valence-corrected chi connectivity index (χ1v) is 11.5. The summed E-state index contributed by atoms with van der Waals surface area (Å²) < 4.78 is 4.61. The van der Waals surface area contributed by atoms with Crippen LogP contribution in [0.2, 0.25) is 0 Å². The van der Waals surface area contributed by atoms with Crippen molar-refractivity contribution >= 4 is 35.3 Å². The van der Waals surface area contributed by atoms with Crippen LogP contribution in [-0.2, 0) is 20.7 Å². The molecule has 0 spiro atoms. The van der Waals surface area contributed by atoms with Crippen molar-refractivity contribution in [3.8, 4) is 0 Å². The fourth-order valence-corrected chi connectivity index (χ4v) is 5.34. The Labute approximate surface area is 170 Å². The van der Waals surface area contributed by atoms with E-state index in [1.165, 1.54) is 7.11 Å². The number of thioether (sulfide) groups is 2. The zero-order valence-corrected chi connectivity index (χ0v) is 17.3. The second kappa shape index (κ2) is 12.3. The molecule has 0 aliphatic heterocycles. The lowest BCUT2D eigenvalue weighted by Crippen LogP contribution is -2.17. The van der Waals surface area contributed by atoms with Crippen molar-refractivity contribution in [3.05, 3.63) is 48.0 Å². The highest BCUT2D eigenvalue weighted by molar-refractivity contribution is 8.01. The van der Waals surface area contributed by atoms with Crippen LogP contribution in [0.1, 0.15) is 24.8 Å². The molecule has 3 atom stereocenters. The Hall–Kier alpha value is -1.24. The Bertz CT molecular complexity index is 618. The number of carbonyl (C=O) groups excluding carboxylic acids is 2. The number of rotatable bonds is 11. The molecule has 2 rings (SSSR count). The SMILES string of the molecule is COC(=O)CSCCCS[C@H]1C(=O)CC[C@@H]1C=C[C@@H](O)Cc1ccccc1. The molecule has 1 aliphatic carbocycles. The summed E-state index contributed by atoms with van der Waals surface area (Å²) in [6.07, 6.45) is 6.39. The van der Waals surface area contributed by atoms with Crippen molar-refractivity contribution < 1.29 is 19.4 Å². The molecule has 0 aromatic heterocycles. The van der Waals surface area contributed by atoms with E-state index in [9.17, 15) is 14.7 Å². The summed E-state index contributed by atoms with van der Waals surface area (Å²) in [6, 6.07) is 9.92. The van der Waals surface area contributed by atoms with Crippen molar-refractivity contribution in [2.75, 3.05) is 24.4 Å². The van der Waals surface area contributed by atoms with E-state index in [-0.39, 0.29) is 17.1 Å². The number of allylic oxidation sites excluding steroid dienone is 1. The monoisotopic (exact) mass is 408 g/mol. The number of carbonyl (C=O) groups is 2. The van der Waals surface area contributed by atoms with E-state index in [1.807, 2.05) is 42.5 Å². The molecular formula is C21H28O4S2. The van der Waals surface area contributed by atoms with Crippen LogP contribution in [0, 0.1) is 5.92 Å². The van der Waals surface area contributed by atoms with Crippen molar-refractivity contribution in [2.45, 2.75) is 37.0 Å². The summed E-state index contributed by atoms with van der Waals surface area (Å²) in [6.45, 7) is 0. The minimum Gasteiger partial charge on any atom is -0.468 e. The largest absolute Gasteiger partial charge is 0.468 e. The molecule has 0 heterocycles. The number of methoxy groups -OCH3 is 1. The fourth-order valence-electron chi connectivity index (χ4n) is 3.04. The molecule has 0 bridgehead atoms. The van der Waals surface area contributed by atoms with Gasteiger partial charge in [-0.3, -0.25) is 9.59 Å². The van der Waals surface area contributed by atoms with Gasteiger partial charge in [-0.15, -0.1) is 11.8 Å². The summed E-state index contributed by atoms with van der Waals surface area (Å²) in [5, 5.41) is 10.2. The zero-order chi connectivity index (χ0) is 19.5. The minimum absolute atomic E-state index is 0.00391. The average molecular weight is 409 g/mol. The van der Waals surface area contributed by atoms with Gasteiger partial charge in [0.15, 0.2) is 0 Å². The van der Waals surface area contributed by atoms with E-state index in [2.05, 4.69) is 4.74 Å². The van der Waals surface area contributed by atoms with Gasteiger partial charge in [0.2, 0.25) is 0 Å². The van der Waals surface area contributed by atoms with Crippen molar-refractivity contribution in [1.82, 2.24) is 0 Å². The predicted octanol–water partition coefficient (Wildman–Crippen LogP) is 3.52. The second-order valence-corrected chi connectivity index (χ2v) is 8.94. The molecule has 1 aromatic carbocycles. The molecule has 1 fully saturated rings. The van der Waals surface area contributed by atoms with E-state index in [4.69, 9.17) is 0 Å². The number of esters is 1. The van der Waals surface area contributed by atoms with Crippen molar-refractivity contribution in [2.24, 2.45) is 5.92 Å². The summed E-state index contributed by atoms with van der Waals surface area (Å²) in [5.74, 6) is 2.50. The maximum absolute atomic E-state index is 12.2. The van der Waals surface area contributed by atoms with Gasteiger partial charge in [-0.05, 0) is 35.8 Å². The highest BCUT2D eigenvalue weighted by Crippen LogP contribution is 2.34. The maximum atomic E-state index is 12.2. The molecule has 1 N–H and O–H groups in total. The Kier molecular flexibility index (Phi) is 10.0. The lowest BCUT2D eigenvalue weighted by molar-refractivity contribution is -0.137. The Morgan fingerprint density at radius 1 is 1.33 bits per heavy atom. The van der Waals surface area contributed by atoms with Crippen LogP contribution in [0.15, 0.2) is 42.5 Å². The van der Waals surface area contributed by atoms with E-state index >= 15 is 0 Å². The van der Waals surface area contributed by atoms with Crippen molar-refractivity contribution in [1.29, 1.82) is 0 Å². The second-order valence-electron chi connectivity index (χ2n) is 6.58. The molecule has 1 aliphatic rings. The molecule has 1 saturated carbocycles. The van der Waals surface area contributed by atoms with Gasteiger partial charge in [-0.1, -0.05) is 42.5 Å². The lowest BCUT2D eigenvalue weighted by atomic mass is 10.0. The van der Waals surface area contributed by atoms with E-state index in [0.717, 1.165) is 29.9 Å². The summed E-state index contributed by atoms with van der Waals surface area (Å²) in [5.41, 5.74) is 1.10. The number of ketones is 1. The summed E-state index contributed by atoms with van der Waals surface area (Å²) >= 11 is 3.27. The van der Waals surface area contributed by atoms with Crippen molar-refractivity contribution in [3.63, 3.8) is 0 Å². The summed E-state index contributed by atoms with van der Waals surface area (Å²) in [7, 11) is 1.40. The third-order valence-corrected chi connectivity index (χ3v) is 6.99. The zero-order valence-electron chi connectivity index (χ0n) is 15.7. The van der Waals surface area contributed by atoms with Crippen LogP contribution >= 0.6 is 23.5 Å². The first kappa shape index (κ1) is 22.1. The number of aliphatic hydroxyl groups excluding tert-OH is 1. The number of Topliss-reactive ketones (excluding diaryl/α,β-unsaturated/α-hetero) is 1. The molecule has 0 amide bonds. The van der Waals surface area contributed by atoms with Crippen LogP contribution in [0.3, 0.4) is 0 Å². The van der Waals surface area contributed by atoms with Crippen LogP contribution in [-0.4, -0.2) is 52.6 Å². The molecule has 6 heteroatoms. The van der Waals surface area contributed by atoms with Gasteiger partial charge in [-0.2, -0.15) is 11.8 Å². The fraction of sp³-hybridized carbons (Fsp3) is 0.524. The molecule has 148 valence electrons. The average Bonchev–Trinajstić information content (AvgIpc) is 3.03. The number of ether oxygens (including phenoxy) is 1. The molecule has 0 unspecified atom stereocenters. The Morgan fingerprint density at radius 3 is 2.85 bits per heavy atom. The number of hydrogen-bond acceptors (Lipinski definition) is 6. The number of benzene rings is 1. The van der Waals surface area contributed by atoms with Crippen LogP contribution in [0.25, 0.3) is 0 Å². The molecule has 4 nitrogen and oxygen atoms in total. The van der Waals surface area contributed by atoms with Gasteiger partial charge in [0, 0.05) is 12.8 Å². The lowest BCUT2D eigenvalue weighted by Gasteiger charge is -2.15. The number of aliphatic hydroxyl groups is 1. The van der Waals surface area contributed by atoms with Gasteiger partial charge in [0.1, 0.15) is 5.78 Å². The normalized spacial score (nSPS) is 20.9. The van der Waals surface area contributed by atoms with Crippen LogP contribution in [0.5, 0.6) is 0 Å². The highest BCUT2D eigenvalue weighted by Gasteiger charge is 2.33. The van der Waals surface area contributed by atoms with Gasteiger partial charge in [0.25, 0.3) is 0 Å². The standard InChI is InChI=1S/C21H28O4S2/c1-25-20(24)15-26-12-5-13-27-21-17(9-11-19(21)23)8-10-18(22)14-16-6-3-2-4-7-16/h2-4,6-8,10,17-18,21-22H,5,9,11-15H2,1H3/t17-,18+,21+/m0/s1. The Morgan fingerprint density at radius 2 is 2.11 bits per heavy atom. The molecule has 0 radical (unpaired) electrons. The van der Waals surface area contributed by atoms with E-state index < -0.39 is 6.10 Å². The summed E-state index contributed by atoms with van der Waals surface area (Å²) in [4.78, 5) is 23.2. The first-order chi connectivity index (χ1) is 13.1. The topological polar surface area (TPSA) is 63.6 Å². The quantitative estimate of drug-likeness (QED) is 0.343. The van der Waals surface area contributed by atoms with Gasteiger partial charge in [-0.25, -0.2) is 0 Å². The van der Waals surface area contributed by atoms with Gasteiger partial charge < -0.3 is 9.84 Å². The molecule has 0 saturated heterocycles. The molecule has 1 aromatic rings. The van der Waals surface area contributed by atoms with Gasteiger partial charge >= 0.3 is 5.97 Å². The molecule has 27 heavy (non-hydrogen) atoms. The minimum atomic E-state index is -0.525. The van der Waals surface area contributed by atoms with Gasteiger partial charge in [0.05, 0.1) is 24.2 Å². The smallest absolute Gasteiger partial charge is 0.315 e. The van der Waals surface area contributed by atoms with Crippen LogP contribution in [0.4, 0.5) is 0 Å². The highest BCUT2D eigenvalue weighted by atomic mass is 32.2. The predicted molar refractivity (Wildman–Crippen MR) is 113 cm³/mol. The van der Waals surface area contributed by atoms with E-state index in [0.29, 0.717) is 24.4 Å². The van der Waals surface area contributed by atoms with E-state index in [1.54, 1.807) is 23.5 Å². The third kappa shape index (κ3) is 8.11. The molecular weight excluding hydrogens is 380 g/mol. The first-order valence-electron chi connectivity index (χ1n) is 9.29.